The van der Waals surface area contributed by atoms with Crippen LogP contribution in [0.25, 0.3) is 0 Å². The lowest BCUT2D eigenvalue weighted by Crippen LogP contribution is -2.67. The second-order valence-electron chi connectivity index (χ2n) is 15.0. The van der Waals surface area contributed by atoms with Gasteiger partial charge in [-0.25, -0.2) is 0 Å². The lowest BCUT2D eigenvalue weighted by atomic mass is 9.32. The van der Waals surface area contributed by atoms with Crippen molar-refractivity contribution in [1.29, 1.82) is 0 Å². The Bertz CT molecular complexity index is 817. The molecule has 2 N–H and O–H groups in total. The highest BCUT2D eigenvalue weighted by atomic mass is 16.4. The molecule has 5 aliphatic carbocycles. The van der Waals surface area contributed by atoms with Crippen molar-refractivity contribution >= 4 is 5.97 Å². The van der Waals surface area contributed by atoms with Gasteiger partial charge in [-0.05, 0) is 121 Å². The molecule has 0 amide bonds. The molecule has 5 saturated carbocycles. The molecule has 3 unspecified atom stereocenters. The molecule has 0 saturated heterocycles. The van der Waals surface area contributed by atoms with Crippen molar-refractivity contribution in [3.8, 4) is 0 Å². The summed E-state index contributed by atoms with van der Waals surface area (Å²) in [6.45, 7) is 17.1. The van der Waals surface area contributed by atoms with Gasteiger partial charge in [0.1, 0.15) is 0 Å². The number of hydrogen-bond donors (Lipinski definition) is 2. The highest BCUT2D eigenvalue weighted by Gasteiger charge is 2.72. The molecule has 0 aromatic heterocycles. The molecule has 3 heteroatoms. The maximum Gasteiger partial charge on any atom is 0.309 e. The first-order chi connectivity index (χ1) is 15.3. The van der Waals surface area contributed by atoms with Crippen molar-refractivity contribution in [3.63, 3.8) is 0 Å². The van der Waals surface area contributed by atoms with E-state index >= 15 is 0 Å². The molecule has 5 aliphatic rings. The third-order valence-electron chi connectivity index (χ3n) is 13.7. The van der Waals surface area contributed by atoms with E-state index in [1.54, 1.807) is 0 Å². The summed E-state index contributed by atoms with van der Waals surface area (Å²) in [6.07, 6.45) is 10.8. The smallest absolute Gasteiger partial charge is 0.309 e. The average molecular weight is 459 g/mol. The summed E-state index contributed by atoms with van der Waals surface area (Å²) >= 11 is 0. The van der Waals surface area contributed by atoms with E-state index in [2.05, 4.69) is 48.5 Å². The molecule has 10 atom stereocenters. The van der Waals surface area contributed by atoms with E-state index in [0.29, 0.717) is 35.5 Å². The lowest BCUT2D eigenvalue weighted by Gasteiger charge is -2.72. The third kappa shape index (κ3) is 2.81. The predicted octanol–water partition coefficient (Wildman–Crippen LogP) is 7.17. The van der Waals surface area contributed by atoms with E-state index in [4.69, 9.17) is 0 Å². The van der Waals surface area contributed by atoms with Gasteiger partial charge in [0.25, 0.3) is 0 Å². The molecule has 0 aliphatic heterocycles. The van der Waals surface area contributed by atoms with E-state index in [1.807, 2.05) is 0 Å². The number of carboxylic acids is 1. The molecule has 33 heavy (non-hydrogen) atoms. The lowest BCUT2D eigenvalue weighted by molar-refractivity contribution is -0.249. The summed E-state index contributed by atoms with van der Waals surface area (Å²) in [5.41, 5.74) is 0.309. The molecule has 0 aromatic rings. The van der Waals surface area contributed by atoms with Crippen LogP contribution in [0.4, 0.5) is 0 Å². The van der Waals surface area contributed by atoms with Gasteiger partial charge in [-0.1, -0.05) is 48.5 Å². The molecule has 0 heterocycles. The Balaban J connectivity index is 1.56. The fraction of sp³-hybridized carbons (Fsp3) is 0.967. The number of fused-ring (bicyclic) bond motifs is 7. The van der Waals surface area contributed by atoms with Crippen molar-refractivity contribution in [2.75, 3.05) is 0 Å². The Morgan fingerprint density at radius 3 is 2.12 bits per heavy atom. The zero-order valence-electron chi connectivity index (χ0n) is 22.4. The van der Waals surface area contributed by atoms with Crippen LogP contribution in [0.1, 0.15) is 113 Å². The minimum absolute atomic E-state index is 0.00863. The molecule has 0 radical (unpaired) electrons. The zero-order chi connectivity index (χ0) is 24.2. The highest BCUT2D eigenvalue weighted by Crippen LogP contribution is 2.77. The molecule has 5 rings (SSSR count). The maximum absolute atomic E-state index is 12.8. The van der Waals surface area contributed by atoms with Crippen LogP contribution in [-0.4, -0.2) is 22.3 Å². The quantitative estimate of drug-likeness (QED) is 0.461. The van der Waals surface area contributed by atoms with Crippen molar-refractivity contribution < 1.29 is 15.0 Å². The van der Waals surface area contributed by atoms with Gasteiger partial charge in [0, 0.05) is 0 Å². The van der Waals surface area contributed by atoms with Crippen LogP contribution in [0.3, 0.4) is 0 Å². The molecule has 0 bridgehead atoms. The number of carbonyl (C=O) groups is 1. The van der Waals surface area contributed by atoms with Gasteiger partial charge in [0.2, 0.25) is 0 Å². The van der Waals surface area contributed by atoms with Gasteiger partial charge in [-0.2, -0.15) is 0 Å². The van der Waals surface area contributed by atoms with Gasteiger partial charge < -0.3 is 10.2 Å². The fourth-order valence-electron chi connectivity index (χ4n) is 11.8. The third-order valence-corrected chi connectivity index (χ3v) is 13.7. The molecular weight excluding hydrogens is 408 g/mol. The molecular formula is C30H50O3. The monoisotopic (exact) mass is 458 g/mol. The minimum Gasteiger partial charge on any atom is -0.481 e. The molecule has 0 spiro atoms. The van der Waals surface area contributed by atoms with Crippen molar-refractivity contribution in [2.45, 2.75) is 119 Å². The zero-order valence-corrected chi connectivity index (χ0v) is 22.4. The normalized spacial score (nSPS) is 55.3. The Kier molecular flexibility index (Phi) is 5.29. The minimum atomic E-state index is -0.497. The Morgan fingerprint density at radius 2 is 1.48 bits per heavy atom. The second-order valence-corrected chi connectivity index (χ2v) is 15.0. The van der Waals surface area contributed by atoms with E-state index in [1.165, 1.54) is 25.7 Å². The summed E-state index contributed by atoms with van der Waals surface area (Å²) in [5, 5.41) is 21.4. The van der Waals surface area contributed by atoms with Gasteiger partial charge in [-0.15, -0.1) is 0 Å². The van der Waals surface area contributed by atoms with Gasteiger partial charge in [-0.3, -0.25) is 4.79 Å². The summed E-state index contributed by atoms with van der Waals surface area (Å²) in [7, 11) is 0. The molecule has 3 nitrogen and oxygen atoms in total. The highest BCUT2D eigenvalue weighted by molar-refractivity contribution is 5.76. The van der Waals surface area contributed by atoms with E-state index in [9.17, 15) is 15.0 Å². The number of hydrogen-bond acceptors (Lipinski definition) is 2. The first-order valence-corrected chi connectivity index (χ1v) is 14.2. The number of rotatable bonds is 2. The summed E-state index contributed by atoms with van der Waals surface area (Å²) in [5.74, 6) is 2.79. The Morgan fingerprint density at radius 1 is 0.788 bits per heavy atom. The Hall–Kier alpha value is -0.570. The van der Waals surface area contributed by atoms with Crippen molar-refractivity contribution in [3.05, 3.63) is 0 Å². The maximum atomic E-state index is 12.8. The second kappa shape index (κ2) is 7.23. The van der Waals surface area contributed by atoms with E-state index in [-0.39, 0.29) is 27.8 Å². The van der Waals surface area contributed by atoms with Gasteiger partial charge in [0.15, 0.2) is 0 Å². The average Bonchev–Trinajstić information content (AvgIpc) is 3.13. The van der Waals surface area contributed by atoms with Crippen LogP contribution in [0.15, 0.2) is 0 Å². The fourth-order valence-corrected chi connectivity index (χ4v) is 11.8. The molecule has 0 aromatic carbocycles. The van der Waals surface area contributed by atoms with Crippen molar-refractivity contribution in [2.24, 2.45) is 62.6 Å². The van der Waals surface area contributed by atoms with E-state index in [0.717, 1.165) is 38.5 Å². The standard InChI is InChI=1S/C30H50O3/c1-18(2)19-10-15-30(25(32)33)17-16-28(6)20(24(19)30)8-9-22-27(5)13-12-23(31)26(3,4)21(27)11-14-29(22,28)7/h18-24,31H,8-17H2,1-7H3,(H,32,33)/t19-,20?,21?,22?,23-,24+,27-,28+,29+,30-/m0/s1. The summed E-state index contributed by atoms with van der Waals surface area (Å²) in [4.78, 5) is 12.8. The number of aliphatic carboxylic acids is 1. The first kappa shape index (κ1) is 24.1. The van der Waals surface area contributed by atoms with Crippen LogP contribution in [-0.2, 0) is 4.79 Å². The predicted molar refractivity (Wildman–Crippen MR) is 133 cm³/mol. The van der Waals surface area contributed by atoms with Crippen LogP contribution < -0.4 is 0 Å². The number of carboxylic acid groups (broad SMARTS) is 1. The molecule has 188 valence electrons. The number of aliphatic hydroxyl groups excluding tert-OH is 1. The van der Waals surface area contributed by atoms with Crippen LogP contribution >= 0.6 is 0 Å². The van der Waals surface area contributed by atoms with Crippen LogP contribution in [0, 0.1) is 62.6 Å². The van der Waals surface area contributed by atoms with Crippen molar-refractivity contribution in [1.82, 2.24) is 0 Å². The van der Waals surface area contributed by atoms with Gasteiger partial charge >= 0.3 is 5.97 Å². The SMILES string of the molecule is CC(C)[C@@H]1CC[C@]2(C(=O)O)CC[C@]3(C)C(CCC4[C@@]5(C)CC[C@H](O)C(C)(C)C5CC[C@]43C)[C@@H]12. The summed E-state index contributed by atoms with van der Waals surface area (Å²) in [6, 6.07) is 0. The van der Waals surface area contributed by atoms with Gasteiger partial charge in [0.05, 0.1) is 11.5 Å². The first-order valence-electron chi connectivity index (χ1n) is 14.2. The topological polar surface area (TPSA) is 57.5 Å². The largest absolute Gasteiger partial charge is 0.481 e. The Labute approximate surface area is 202 Å². The number of aliphatic hydroxyl groups is 1. The van der Waals surface area contributed by atoms with E-state index < -0.39 is 11.4 Å². The summed E-state index contributed by atoms with van der Waals surface area (Å²) < 4.78 is 0. The molecule has 5 fully saturated rings. The van der Waals surface area contributed by atoms with Crippen LogP contribution in [0.2, 0.25) is 0 Å². The van der Waals surface area contributed by atoms with Crippen LogP contribution in [0.5, 0.6) is 0 Å².